The minimum Gasteiger partial charge on any atom is -0.382 e. The van der Waals surface area contributed by atoms with Crippen LogP contribution < -0.4 is 10.6 Å². The van der Waals surface area contributed by atoms with Gasteiger partial charge in [0.1, 0.15) is 0 Å². The van der Waals surface area contributed by atoms with Gasteiger partial charge in [0.15, 0.2) is 0 Å². The van der Waals surface area contributed by atoms with Crippen LogP contribution in [0, 0.1) is 6.92 Å². The number of hydrogen-bond acceptors (Lipinski definition) is 3. The summed E-state index contributed by atoms with van der Waals surface area (Å²) in [4.78, 5) is 13.5. The molecule has 0 aliphatic carbocycles. The van der Waals surface area contributed by atoms with Crippen LogP contribution in [-0.2, 0) is 4.79 Å². The van der Waals surface area contributed by atoms with Crippen molar-refractivity contribution in [1.82, 2.24) is 4.90 Å². The molecule has 2 rings (SSSR count). The predicted octanol–water partition coefficient (Wildman–Crippen LogP) is 2.85. The molecule has 1 heterocycles. The molecule has 2 N–H and O–H groups in total. The number of nitrogens with zero attached hydrogens (tertiary/aromatic N) is 1. The van der Waals surface area contributed by atoms with E-state index in [1.54, 1.807) is 0 Å². The van der Waals surface area contributed by atoms with Crippen molar-refractivity contribution >= 4 is 17.3 Å². The van der Waals surface area contributed by atoms with Gasteiger partial charge in [0.2, 0.25) is 5.91 Å². The molecule has 110 valence electrons. The summed E-state index contributed by atoms with van der Waals surface area (Å²) in [6, 6.07) is 7.28. The zero-order valence-corrected chi connectivity index (χ0v) is 12.9. The molecule has 0 radical (unpaired) electrons. The van der Waals surface area contributed by atoms with Gasteiger partial charge in [-0.3, -0.25) is 4.79 Å². The van der Waals surface area contributed by atoms with Crippen molar-refractivity contribution in [2.75, 3.05) is 24.2 Å². The molecule has 1 saturated heterocycles. The van der Waals surface area contributed by atoms with Gasteiger partial charge in [0.05, 0.1) is 0 Å². The van der Waals surface area contributed by atoms with Gasteiger partial charge >= 0.3 is 0 Å². The van der Waals surface area contributed by atoms with E-state index in [2.05, 4.69) is 35.6 Å². The lowest BCUT2D eigenvalue weighted by Crippen LogP contribution is -2.42. The van der Waals surface area contributed by atoms with Crippen molar-refractivity contribution in [3.63, 3.8) is 0 Å². The van der Waals surface area contributed by atoms with Gasteiger partial charge < -0.3 is 15.5 Å². The van der Waals surface area contributed by atoms with Gasteiger partial charge in [0.25, 0.3) is 0 Å². The number of piperidine rings is 1. The van der Waals surface area contributed by atoms with Crippen LogP contribution in [0.1, 0.15) is 32.3 Å². The third kappa shape index (κ3) is 3.73. The number of likely N-dealkylation sites (tertiary alicyclic amines) is 1. The Hall–Kier alpha value is -1.55. The standard InChI is InChI=1S/C16H25N3O/c1-11-9-14(5-6-16(11)17-13(3)20)18-15-7-8-19(4)12(2)10-15/h5-6,9,12,15,18H,7-8,10H2,1-4H3,(H,17,20). The fraction of sp³-hybridized carbons (Fsp3) is 0.562. The largest absolute Gasteiger partial charge is 0.382 e. The molecule has 1 aromatic rings. The number of anilines is 2. The highest BCUT2D eigenvalue weighted by molar-refractivity contribution is 5.89. The van der Waals surface area contributed by atoms with E-state index < -0.39 is 0 Å². The number of benzene rings is 1. The fourth-order valence-corrected chi connectivity index (χ4v) is 2.74. The Kier molecular flexibility index (Phi) is 4.65. The van der Waals surface area contributed by atoms with Crippen LogP contribution in [0.25, 0.3) is 0 Å². The quantitative estimate of drug-likeness (QED) is 0.891. The number of hydrogen-bond donors (Lipinski definition) is 2. The van der Waals surface area contributed by atoms with E-state index in [4.69, 9.17) is 0 Å². The molecular weight excluding hydrogens is 250 g/mol. The van der Waals surface area contributed by atoms with Gasteiger partial charge in [-0.1, -0.05) is 0 Å². The van der Waals surface area contributed by atoms with E-state index in [-0.39, 0.29) is 5.91 Å². The normalized spacial score (nSPS) is 23.4. The minimum absolute atomic E-state index is 0.0297. The Bertz CT molecular complexity index is 487. The first kappa shape index (κ1) is 14.9. The molecular formula is C16H25N3O. The van der Waals surface area contributed by atoms with Crippen molar-refractivity contribution in [3.05, 3.63) is 23.8 Å². The van der Waals surface area contributed by atoms with Gasteiger partial charge in [-0.2, -0.15) is 0 Å². The van der Waals surface area contributed by atoms with Crippen LogP contribution in [-0.4, -0.2) is 36.5 Å². The number of carbonyl (C=O) groups is 1. The van der Waals surface area contributed by atoms with Crippen LogP contribution in [0.3, 0.4) is 0 Å². The Morgan fingerprint density at radius 2 is 2.15 bits per heavy atom. The van der Waals surface area contributed by atoms with E-state index in [1.165, 1.54) is 19.8 Å². The van der Waals surface area contributed by atoms with Crippen LogP contribution >= 0.6 is 0 Å². The van der Waals surface area contributed by atoms with Gasteiger partial charge in [-0.05, 0) is 57.5 Å². The van der Waals surface area contributed by atoms with E-state index in [1.807, 2.05) is 19.1 Å². The van der Waals surface area contributed by atoms with E-state index in [0.29, 0.717) is 12.1 Å². The third-order valence-electron chi connectivity index (χ3n) is 4.12. The molecule has 2 atom stereocenters. The highest BCUT2D eigenvalue weighted by Crippen LogP contribution is 2.23. The number of rotatable bonds is 3. The maximum atomic E-state index is 11.1. The van der Waals surface area contributed by atoms with Crippen molar-refractivity contribution in [2.45, 2.75) is 45.7 Å². The zero-order valence-electron chi connectivity index (χ0n) is 12.9. The molecule has 2 unspecified atom stereocenters. The average molecular weight is 275 g/mol. The molecule has 1 amide bonds. The maximum Gasteiger partial charge on any atom is 0.221 e. The summed E-state index contributed by atoms with van der Waals surface area (Å²) in [6.07, 6.45) is 2.34. The second kappa shape index (κ2) is 6.27. The summed E-state index contributed by atoms with van der Waals surface area (Å²) in [7, 11) is 2.19. The second-order valence-corrected chi connectivity index (χ2v) is 5.91. The maximum absolute atomic E-state index is 11.1. The van der Waals surface area contributed by atoms with Crippen molar-refractivity contribution in [1.29, 1.82) is 0 Å². The highest BCUT2D eigenvalue weighted by Gasteiger charge is 2.22. The molecule has 0 aromatic heterocycles. The predicted molar refractivity (Wildman–Crippen MR) is 84.2 cm³/mol. The first-order valence-electron chi connectivity index (χ1n) is 7.30. The van der Waals surface area contributed by atoms with E-state index >= 15 is 0 Å². The molecule has 0 spiro atoms. The number of carbonyl (C=O) groups excluding carboxylic acids is 1. The summed E-state index contributed by atoms with van der Waals surface area (Å²) in [5, 5.41) is 6.46. The SMILES string of the molecule is CC(=O)Nc1ccc(NC2CCN(C)C(C)C2)cc1C. The van der Waals surface area contributed by atoms with E-state index in [0.717, 1.165) is 23.5 Å². The molecule has 20 heavy (non-hydrogen) atoms. The molecule has 4 heteroatoms. The average Bonchev–Trinajstić information content (AvgIpc) is 2.37. The van der Waals surface area contributed by atoms with Crippen LogP contribution in [0.15, 0.2) is 18.2 Å². The lowest BCUT2D eigenvalue weighted by molar-refractivity contribution is -0.114. The zero-order chi connectivity index (χ0) is 14.7. The van der Waals surface area contributed by atoms with Gasteiger partial charge in [-0.25, -0.2) is 0 Å². The summed E-state index contributed by atoms with van der Waals surface area (Å²) in [5.41, 5.74) is 3.12. The molecule has 1 aliphatic heterocycles. The molecule has 1 fully saturated rings. The number of nitrogens with one attached hydrogen (secondary N) is 2. The first-order chi connectivity index (χ1) is 9.45. The third-order valence-corrected chi connectivity index (χ3v) is 4.12. The summed E-state index contributed by atoms with van der Waals surface area (Å²) < 4.78 is 0. The molecule has 1 aromatic carbocycles. The van der Waals surface area contributed by atoms with Crippen molar-refractivity contribution in [3.8, 4) is 0 Å². The molecule has 4 nitrogen and oxygen atoms in total. The summed E-state index contributed by atoms with van der Waals surface area (Å²) in [6.45, 7) is 6.97. The minimum atomic E-state index is -0.0297. The lowest BCUT2D eigenvalue weighted by atomic mass is 9.98. The number of amides is 1. The fourth-order valence-electron chi connectivity index (χ4n) is 2.74. The molecule has 0 bridgehead atoms. The van der Waals surface area contributed by atoms with Crippen LogP contribution in [0.2, 0.25) is 0 Å². The van der Waals surface area contributed by atoms with E-state index in [9.17, 15) is 4.79 Å². The van der Waals surface area contributed by atoms with Gasteiger partial charge in [-0.15, -0.1) is 0 Å². The Morgan fingerprint density at radius 3 is 2.75 bits per heavy atom. The smallest absolute Gasteiger partial charge is 0.221 e. The Morgan fingerprint density at radius 1 is 1.40 bits per heavy atom. The molecule has 0 saturated carbocycles. The molecule has 1 aliphatic rings. The van der Waals surface area contributed by atoms with Crippen molar-refractivity contribution < 1.29 is 4.79 Å². The van der Waals surface area contributed by atoms with Crippen molar-refractivity contribution in [2.24, 2.45) is 0 Å². The monoisotopic (exact) mass is 275 g/mol. The topological polar surface area (TPSA) is 44.4 Å². The van der Waals surface area contributed by atoms with Crippen LogP contribution in [0.4, 0.5) is 11.4 Å². The first-order valence-corrected chi connectivity index (χ1v) is 7.30. The van der Waals surface area contributed by atoms with Gasteiger partial charge in [0, 0.05) is 36.9 Å². The lowest BCUT2D eigenvalue weighted by Gasteiger charge is -2.35. The second-order valence-electron chi connectivity index (χ2n) is 5.91. The summed E-state index contributed by atoms with van der Waals surface area (Å²) >= 11 is 0. The Balaban J connectivity index is 2.00. The Labute approximate surface area is 121 Å². The van der Waals surface area contributed by atoms with Crippen LogP contribution in [0.5, 0.6) is 0 Å². The summed E-state index contributed by atoms with van der Waals surface area (Å²) in [5.74, 6) is -0.0297. The highest BCUT2D eigenvalue weighted by atomic mass is 16.1. The number of aryl methyl sites for hydroxylation is 1.